The van der Waals surface area contributed by atoms with Crippen LogP contribution in [-0.4, -0.2) is 20.8 Å². The highest BCUT2D eigenvalue weighted by Crippen LogP contribution is 2.14. The van der Waals surface area contributed by atoms with Crippen molar-refractivity contribution in [2.24, 2.45) is 0 Å². The van der Waals surface area contributed by atoms with Gasteiger partial charge >= 0.3 is 0 Å². The van der Waals surface area contributed by atoms with Crippen LogP contribution in [0.15, 0.2) is 16.0 Å². The van der Waals surface area contributed by atoms with Gasteiger partial charge in [0.15, 0.2) is 5.16 Å². The van der Waals surface area contributed by atoms with E-state index in [2.05, 4.69) is 16.9 Å². The topological polar surface area (TPSA) is 66.0 Å². The zero-order valence-electron chi connectivity index (χ0n) is 7.41. The van der Waals surface area contributed by atoms with E-state index in [-0.39, 0.29) is 11.4 Å². The molecule has 0 atom stereocenters. The second-order valence-electron chi connectivity index (χ2n) is 2.61. The Hall–Kier alpha value is -0.970. The number of aromatic nitrogens is 2. The average Bonchev–Trinajstić information content (AvgIpc) is 2.03. The lowest BCUT2D eigenvalue weighted by Crippen LogP contribution is -2.06. The normalized spacial score (nSPS) is 10.2. The lowest BCUT2D eigenvalue weighted by atomic mass is 10.4. The molecule has 13 heavy (non-hydrogen) atoms. The van der Waals surface area contributed by atoms with Crippen LogP contribution in [-0.2, 0) is 0 Å². The molecule has 0 fully saturated rings. The number of H-pyrrole nitrogens is 1. The molecule has 0 spiro atoms. The fraction of sp³-hybridized carbons (Fsp3) is 0.500. The van der Waals surface area contributed by atoms with E-state index in [4.69, 9.17) is 5.11 Å². The Morgan fingerprint density at radius 2 is 2.46 bits per heavy atom. The SMILES string of the molecule is CCCCSc1nc(O)cc(=O)[nH]1. The molecule has 4 nitrogen and oxygen atoms in total. The van der Waals surface area contributed by atoms with Crippen LogP contribution in [0.1, 0.15) is 19.8 Å². The molecule has 0 saturated carbocycles. The summed E-state index contributed by atoms with van der Waals surface area (Å²) in [5.74, 6) is 0.686. The van der Waals surface area contributed by atoms with Gasteiger partial charge in [0.2, 0.25) is 5.88 Å². The first-order valence-corrected chi connectivity index (χ1v) is 5.14. The van der Waals surface area contributed by atoms with Crippen molar-refractivity contribution < 1.29 is 5.11 Å². The molecule has 0 radical (unpaired) electrons. The van der Waals surface area contributed by atoms with Crippen molar-refractivity contribution in [3.05, 3.63) is 16.4 Å². The fourth-order valence-corrected chi connectivity index (χ4v) is 1.76. The van der Waals surface area contributed by atoms with Crippen molar-refractivity contribution in [2.45, 2.75) is 24.9 Å². The summed E-state index contributed by atoms with van der Waals surface area (Å²) in [5, 5.41) is 9.49. The molecule has 0 aliphatic rings. The summed E-state index contributed by atoms with van der Waals surface area (Å²) in [7, 11) is 0. The number of aromatic amines is 1. The zero-order chi connectivity index (χ0) is 9.68. The van der Waals surface area contributed by atoms with E-state index in [0.717, 1.165) is 24.7 Å². The van der Waals surface area contributed by atoms with Gasteiger partial charge in [0.05, 0.1) is 6.07 Å². The summed E-state index contributed by atoms with van der Waals surface area (Å²) in [6.45, 7) is 2.10. The van der Waals surface area contributed by atoms with Gasteiger partial charge in [0.25, 0.3) is 5.56 Å². The molecule has 0 amide bonds. The number of hydrogen-bond acceptors (Lipinski definition) is 4. The largest absolute Gasteiger partial charge is 0.493 e. The van der Waals surface area contributed by atoms with E-state index in [0.29, 0.717) is 5.16 Å². The summed E-state index contributed by atoms with van der Waals surface area (Å²) in [6, 6.07) is 1.06. The van der Waals surface area contributed by atoms with E-state index in [1.165, 1.54) is 11.8 Å². The van der Waals surface area contributed by atoms with Crippen molar-refractivity contribution in [1.82, 2.24) is 9.97 Å². The smallest absolute Gasteiger partial charge is 0.255 e. The summed E-state index contributed by atoms with van der Waals surface area (Å²) in [6.07, 6.45) is 2.18. The first-order valence-electron chi connectivity index (χ1n) is 4.15. The van der Waals surface area contributed by atoms with Crippen LogP contribution in [0, 0.1) is 0 Å². The van der Waals surface area contributed by atoms with Gasteiger partial charge in [-0.25, -0.2) is 0 Å². The van der Waals surface area contributed by atoms with Gasteiger partial charge < -0.3 is 10.1 Å². The number of rotatable bonds is 4. The predicted molar refractivity (Wildman–Crippen MR) is 52.2 cm³/mol. The van der Waals surface area contributed by atoms with Crippen molar-refractivity contribution in [2.75, 3.05) is 5.75 Å². The van der Waals surface area contributed by atoms with E-state index in [9.17, 15) is 4.79 Å². The molecular formula is C8H12N2O2S. The highest BCUT2D eigenvalue weighted by Gasteiger charge is 1.99. The standard InChI is InChI=1S/C8H12N2O2S/c1-2-3-4-13-8-9-6(11)5-7(12)10-8/h5H,2-4H2,1H3,(H2,9,10,11,12). The van der Waals surface area contributed by atoms with Crippen molar-refractivity contribution in [3.8, 4) is 5.88 Å². The Bertz CT molecular complexity index is 324. The van der Waals surface area contributed by atoms with Crippen LogP contribution in [0.4, 0.5) is 0 Å². The quantitative estimate of drug-likeness (QED) is 0.437. The highest BCUT2D eigenvalue weighted by molar-refractivity contribution is 7.99. The molecule has 0 unspecified atom stereocenters. The molecule has 1 aromatic rings. The first kappa shape index (κ1) is 10.1. The Balaban J connectivity index is 2.61. The minimum Gasteiger partial charge on any atom is -0.493 e. The molecule has 5 heteroatoms. The predicted octanol–water partition coefficient (Wildman–Crippen LogP) is 1.37. The summed E-state index contributed by atoms with van der Waals surface area (Å²) < 4.78 is 0. The molecule has 1 aromatic heterocycles. The first-order chi connectivity index (χ1) is 6.22. The Morgan fingerprint density at radius 1 is 1.69 bits per heavy atom. The summed E-state index contributed by atoms with van der Waals surface area (Å²) in [5.41, 5.74) is -0.313. The Morgan fingerprint density at radius 3 is 3.08 bits per heavy atom. The van der Waals surface area contributed by atoms with E-state index in [1.807, 2.05) is 0 Å². The lowest BCUT2D eigenvalue weighted by molar-refractivity contribution is 0.444. The van der Waals surface area contributed by atoms with Gasteiger partial charge in [0.1, 0.15) is 0 Å². The number of aromatic hydroxyl groups is 1. The maximum absolute atomic E-state index is 10.9. The number of unbranched alkanes of at least 4 members (excludes halogenated alkanes) is 1. The number of nitrogens with zero attached hydrogens (tertiary/aromatic N) is 1. The van der Waals surface area contributed by atoms with Crippen LogP contribution in [0.5, 0.6) is 5.88 Å². The van der Waals surface area contributed by atoms with E-state index < -0.39 is 0 Å². The van der Waals surface area contributed by atoms with E-state index >= 15 is 0 Å². The Labute approximate surface area is 80.4 Å². The molecule has 0 aliphatic heterocycles. The maximum Gasteiger partial charge on any atom is 0.255 e. The van der Waals surface area contributed by atoms with Gasteiger partial charge in [-0.05, 0) is 6.42 Å². The fourth-order valence-electron chi connectivity index (χ4n) is 0.805. The molecule has 0 saturated heterocycles. The van der Waals surface area contributed by atoms with Crippen LogP contribution in [0.3, 0.4) is 0 Å². The minimum atomic E-state index is -0.313. The monoisotopic (exact) mass is 200 g/mol. The van der Waals surface area contributed by atoms with Gasteiger partial charge in [-0.3, -0.25) is 4.79 Å². The molecule has 1 rings (SSSR count). The summed E-state index contributed by atoms with van der Waals surface area (Å²) in [4.78, 5) is 17.2. The summed E-state index contributed by atoms with van der Waals surface area (Å²) >= 11 is 1.45. The number of thioether (sulfide) groups is 1. The zero-order valence-corrected chi connectivity index (χ0v) is 8.23. The third-order valence-electron chi connectivity index (χ3n) is 1.44. The van der Waals surface area contributed by atoms with Gasteiger partial charge in [0, 0.05) is 5.75 Å². The average molecular weight is 200 g/mol. The molecule has 2 N–H and O–H groups in total. The lowest BCUT2D eigenvalue weighted by Gasteiger charge is -1.98. The van der Waals surface area contributed by atoms with Gasteiger partial charge in [-0.2, -0.15) is 4.98 Å². The number of nitrogens with one attached hydrogen (secondary N) is 1. The molecule has 72 valence electrons. The highest BCUT2D eigenvalue weighted by atomic mass is 32.2. The molecule has 0 aromatic carbocycles. The Kier molecular flexibility index (Phi) is 3.82. The van der Waals surface area contributed by atoms with E-state index in [1.54, 1.807) is 0 Å². The molecular weight excluding hydrogens is 188 g/mol. The van der Waals surface area contributed by atoms with Crippen LogP contribution in [0.25, 0.3) is 0 Å². The second-order valence-corrected chi connectivity index (χ2v) is 3.69. The van der Waals surface area contributed by atoms with Crippen molar-refractivity contribution >= 4 is 11.8 Å². The maximum atomic E-state index is 10.9. The van der Waals surface area contributed by atoms with Gasteiger partial charge in [-0.1, -0.05) is 25.1 Å². The third-order valence-corrected chi connectivity index (χ3v) is 2.40. The molecule has 0 aliphatic carbocycles. The van der Waals surface area contributed by atoms with Crippen molar-refractivity contribution in [1.29, 1.82) is 0 Å². The minimum absolute atomic E-state index is 0.220. The van der Waals surface area contributed by atoms with Crippen molar-refractivity contribution in [3.63, 3.8) is 0 Å². The van der Waals surface area contributed by atoms with Crippen LogP contribution < -0.4 is 5.56 Å². The molecule has 0 bridgehead atoms. The third kappa shape index (κ3) is 3.50. The van der Waals surface area contributed by atoms with Crippen LogP contribution in [0.2, 0.25) is 0 Å². The molecule has 1 heterocycles. The van der Waals surface area contributed by atoms with Gasteiger partial charge in [-0.15, -0.1) is 0 Å². The second kappa shape index (κ2) is 4.91. The van der Waals surface area contributed by atoms with Crippen LogP contribution >= 0.6 is 11.8 Å². The number of hydrogen-bond donors (Lipinski definition) is 2.